The van der Waals surface area contributed by atoms with Crippen LogP contribution in [0.1, 0.15) is 12.1 Å². The van der Waals surface area contributed by atoms with E-state index in [2.05, 4.69) is 33.5 Å². The highest BCUT2D eigenvalue weighted by Crippen LogP contribution is 2.14. The second-order valence-electron chi connectivity index (χ2n) is 4.83. The third kappa shape index (κ3) is 5.76. The number of carbonyl (C=O) groups excluding carboxylic acids is 1. The number of alkyl halides is 3. The predicted molar refractivity (Wildman–Crippen MR) is 72.0 cm³/mol. The second-order valence-corrected chi connectivity index (χ2v) is 4.83. The van der Waals surface area contributed by atoms with E-state index < -0.39 is 12.1 Å². The third-order valence-electron chi connectivity index (χ3n) is 3.11. The molecule has 2 heterocycles. The van der Waals surface area contributed by atoms with E-state index in [1.165, 1.54) is 5.69 Å². The number of hydrogen-bond donors (Lipinski definition) is 3. The summed E-state index contributed by atoms with van der Waals surface area (Å²) < 4.78 is 34.0. The molecular weight excluding hydrogens is 303 g/mol. The van der Waals surface area contributed by atoms with Gasteiger partial charge in [-0.05, 0) is 18.1 Å². The molecular formula is C13H18F3N3O3. The topological polar surface area (TPSA) is 83.4 Å². The Balaban J connectivity index is 0.000000295. The summed E-state index contributed by atoms with van der Waals surface area (Å²) in [6.45, 7) is 2.75. The Hall–Kier alpha value is -2.03. The van der Waals surface area contributed by atoms with Gasteiger partial charge in [0.2, 0.25) is 5.91 Å². The lowest BCUT2D eigenvalue weighted by molar-refractivity contribution is -0.192. The molecule has 3 N–H and O–H groups in total. The number of aliphatic carboxylic acids is 1. The highest BCUT2D eigenvalue weighted by molar-refractivity contribution is 5.75. The molecule has 0 aliphatic carbocycles. The maximum absolute atomic E-state index is 11.3. The number of carboxylic acids is 1. The van der Waals surface area contributed by atoms with Crippen LogP contribution in [-0.4, -0.2) is 41.3 Å². The molecule has 1 aromatic rings. The SMILES string of the molecule is CNC(=O)CC1CNCc2cccn2C1.O=C(O)C(F)(F)F. The molecule has 1 aromatic heterocycles. The first-order chi connectivity index (χ1) is 10.2. The zero-order valence-electron chi connectivity index (χ0n) is 12.0. The van der Waals surface area contributed by atoms with Gasteiger partial charge in [0.1, 0.15) is 0 Å². The van der Waals surface area contributed by atoms with Crippen LogP contribution in [0, 0.1) is 5.92 Å². The molecule has 0 saturated carbocycles. The van der Waals surface area contributed by atoms with Crippen molar-refractivity contribution in [1.82, 2.24) is 15.2 Å². The van der Waals surface area contributed by atoms with Crippen molar-refractivity contribution in [3.8, 4) is 0 Å². The number of carboxylic acid groups (broad SMARTS) is 1. The number of nitrogens with zero attached hydrogens (tertiary/aromatic N) is 1. The molecule has 1 unspecified atom stereocenters. The van der Waals surface area contributed by atoms with Crippen molar-refractivity contribution in [3.05, 3.63) is 24.0 Å². The zero-order valence-corrected chi connectivity index (χ0v) is 12.0. The molecule has 22 heavy (non-hydrogen) atoms. The van der Waals surface area contributed by atoms with Gasteiger partial charge in [-0.3, -0.25) is 4.79 Å². The van der Waals surface area contributed by atoms with Crippen LogP contribution >= 0.6 is 0 Å². The number of rotatable bonds is 2. The molecule has 0 bridgehead atoms. The van der Waals surface area contributed by atoms with Crippen LogP contribution in [0.4, 0.5) is 13.2 Å². The van der Waals surface area contributed by atoms with Crippen LogP contribution in [-0.2, 0) is 22.7 Å². The van der Waals surface area contributed by atoms with Crippen molar-refractivity contribution in [2.24, 2.45) is 5.92 Å². The third-order valence-corrected chi connectivity index (χ3v) is 3.11. The molecule has 0 fully saturated rings. The fourth-order valence-electron chi connectivity index (χ4n) is 2.04. The second kappa shape index (κ2) is 7.83. The Bertz CT molecular complexity index is 514. The van der Waals surface area contributed by atoms with Crippen LogP contribution in [0.3, 0.4) is 0 Å². The molecule has 0 spiro atoms. The van der Waals surface area contributed by atoms with Crippen molar-refractivity contribution in [3.63, 3.8) is 0 Å². The molecule has 1 amide bonds. The van der Waals surface area contributed by atoms with Crippen LogP contribution < -0.4 is 10.6 Å². The van der Waals surface area contributed by atoms with Gasteiger partial charge in [-0.1, -0.05) is 0 Å². The summed E-state index contributed by atoms with van der Waals surface area (Å²) in [6, 6.07) is 4.18. The first-order valence-electron chi connectivity index (χ1n) is 6.59. The van der Waals surface area contributed by atoms with Gasteiger partial charge in [-0.25, -0.2) is 4.79 Å². The first-order valence-corrected chi connectivity index (χ1v) is 6.59. The molecule has 1 atom stereocenters. The van der Waals surface area contributed by atoms with Crippen LogP contribution in [0.25, 0.3) is 0 Å². The quantitative estimate of drug-likeness (QED) is 0.758. The van der Waals surface area contributed by atoms with Gasteiger partial charge in [-0.2, -0.15) is 13.2 Å². The van der Waals surface area contributed by atoms with E-state index in [1.54, 1.807) is 7.05 Å². The highest BCUT2D eigenvalue weighted by atomic mass is 19.4. The summed E-state index contributed by atoms with van der Waals surface area (Å²) in [5.41, 5.74) is 1.30. The number of hydrogen-bond acceptors (Lipinski definition) is 3. The number of amides is 1. The Morgan fingerprint density at radius 1 is 1.50 bits per heavy atom. The molecule has 1 aliphatic rings. The molecule has 1 aliphatic heterocycles. The van der Waals surface area contributed by atoms with E-state index in [-0.39, 0.29) is 5.91 Å². The van der Waals surface area contributed by atoms with Gasteiger partial charge in [0.15, 0.2) is 0 Å². The summed E-state index contributed by atoms with van der Waals surface area (Å²) >= 11 is 0. The standard InChI is InChI=1S/C11H17N3O.C2HF3O2/c1-12-11(15)5-9-6-13-7-10-3-2-4-14(10)8-9;3-2(4,5)1(6)7/h2-4,9,13H,5-8H2,1H3,(H,12,15);(H,6,7). The Morgan fingerprint density at radius 3 is 2.68 bits per heavy atom. The first kappa shape index (κ1) is 18.0. The highest BCUT2D eigenvalue weighted by Gasteiger charge is 2.38. The number of nitrogens with one attached hydrogen (secondary N) is 2. The fraction of sp³-hybridized carbons (Fsp3) is 0.538. The van der Waals surface area contributed by atoms with Gasteiger partial charge < -0.3 is 20.3 Å². The van der Waals surface area contributed by atoms with Crippen LogP contribution in [0.2, 0.25) is 0 Å². The summed E-state index contributed by atoms with van der Waals surface area (Å²) in [4.78, 5) is 20.2. The van der Waals surface area contributed by atoms with E-state index >= 15 is 0 Å². The average Bonchev–Trinajstić information content (AvgIpc) is 2.77. The summed E-state index contributed by atoms with van der Waals surface area (Å²) in [5, 5.41) is 13.2. The Morgan fingerprint density at radius 2 is 2.14 bits per heavy atom. The van der Waals surface area contributed by atoms with E-state index in [4.69, 9.17) is 9.90 Å². The predicted octanol–water partition coefficient (Wildman–Crippen LogP) is 0.977. The van der Waals surface area contributed by atoms with Crippen molar-refractivity contribution in [2.45, 2.75) is 25.7 Å². The average molecular weight is 321 g/mol. The van der Waals surface area contributed by atoms with Gasteiger partial charge in [-0.15, -0.1) is 0 Å². The molecule has 9 heteroatoms. The lowest BCUT2D eigenvalue weighted by Crippen LogP contribution is -2.28. The summed E-state index contributed by atoms with van der Waals surface area (Å²) in [5.74, 6) is -2.25. The van der Waals surface area contributed by atoms with Crippen molar-refractivity contribution in [1.29, 1.82) is 0 Å². The minimum atomic E-state index is -5.08. The molecule has 0 saturated heterocycles. The van der Waals surface area contributed by atoms with Crippen LogP contribution in [0.15, 0.2) is 18.3 Å². The van der Waals surface area contributed by atoms with E-state index in [0.29, 0.717) is 12.3 Å². The van der Waals surface area contributed by atoms with Gasteiger partial charge in [0.25, 0.3) is 0 Å². The number of halogens is 3. The summed E-state index contributed by atoms with van der Waals surface area (Å²) in [6.07, 6.45) is -2.40. The maximum Gasteiger partial charge on any atom is 0.490 e. The van der Waals surface area contributed by atoms with Gasteiger partial charge in [0, 0.05) is 45.0 Å². The van der Waals surface area contributed by atoms with E-state index in [0.717, 1.165) is 19.6 Å². The van der Waals surface area contributed by atoms with Crippen molar-refractivity contribution in [2.75, 3.05) is 13.6 Å². The normalized spacial score (nSPS) is 17.5. The lowest BCUT2D eigenvalue weighted by Gasteiger charge is -2.14. The number of carbonyl (C=O) groups is 2. The largest absolute Gasteiger partial charge is 0.490 e. The van der Waals surface area contributed by atoms with Crippen molar-refractivity contribution >= 4 is 11.9 Å². The minimum absolute atomic E-state index is 0.123. The zero-order chi connectivity index (χ0) is 16.8. The van der Waals surface area contributed by atoms with E-state index in [9.17, 15) is 18.0 Å². The van der Waals surface area contributed by atoms with Crippen molar-refractivity contribution < 1.29 is 27.9 Å². The van der Waals surface area contributed by atoms with Crippen LogP contribution in [0.5, 0.6) is 0 Å². The Labute approximate surface area is 125 Å². The minimum Gasteiger partial charge on any atom is -0.475 e. The lowest BCUT2D eigenvalue weighted by atomic mass is 10.1. The number of aromatic nitrogens is 1. The molecule has 2 rings (SSSR count). The molecule has 0 aromatic carbocycles. The summed E-state index contributed by atoms with van der Waals surface area (Å²) in [7, 11) is 1.69. The Kier molecular flexibility index (Phi) is 6.41. The monoisotopic (exact) mass is 321 g/mol. The van der Waals surface area contributed by atoms with Gasteiger partial charge in [0.05, 0.1) is 0 Å². The molecule has 0 radical (unpaired) electrons. The number of fused-ring (bicyclic) bond motifs is 1. The molecule has 6 nitrogen and oxygen atoms in total. The smallest absolute Gasteiger partial charge is 0.475 e. The van der Waals surface area contributed by atoms with Gasteiger partial charge >= 0.3 is 12.1 Å². The van der Waals surface area contributed by atoms with E-state index in [1.807, 2.05) is 0 Å². The fourth-order valence-corrected chi connectivity index (χ4v) is 2.04. The molecule has 124 valence electrons. The maximum atomic E-state index is 11.3.